The van der Waals surface area contributed by atoms with E-state index in [9.17, 15) is 0 Å². The first-order chi connectivity index (χ1) is 9.74. The molecule has 0 atom stereocenters. The van der Waals surface area contributed by atoms with Gasteiger partial charge in [-0.15, -0.1) is 5.10 Å². The fourth-order valence-electron chi connectivity index (χ4n) is 1.74. The quantitative estimate of drug-likeness (QED) is 0.810. The Bertz CT molecular complexity index is 513. The highest BCUT2D eigenvalue weighted by molar-refractivity contribution is 5.37. The van der Waals surface area contributed by atoms with E-state index in [2.05, 4.69) is 51.8 Å². The van der Waals surface area contributed by atoms with E-state index in [0.29, 0.717) is 11.9 Å². The lowest BCUT2D eigenvalue weighted by Gasteiger charge is -2.09. The van der Waals surface area contributed by atoms with E-state index in [1.807, 2.05) is 18.2 Å². The van der Waals surface area contributed by atoms with E-state index >= 15 is 0 Å². The van der Waals surface area contributed by atoms with Crippen LogP contribution >= 0.6 is 0 Å². The van der Waals surface area contributed by atoms with Crippen LogP contribution in [0.1, 0.15) is 19.4 Å². The molecule has 0 saturated heterocycles. The van der Waals surface area contributed by atoms with Gasteiger partial charge in [-0.25, -0.2) is 0 Å². The molecule has 106 valence electrons. The first kappa shape index (κ1) is 14.2. The number of benzene rings is 1. The molecule has 0 aliphatic rings. The SMILES string of the molecule is CC(C)CNc1cnnc(NCCc2ccccc2)n1. The molecule has 0 aliphatic carbocycles. The number of rotatable bonds is 7. The molecule has 0 aliphatic heterocycles. The van der Waals surface area contributed by atoms with Crippen molar-refractivity contribution in [1.29, 1.82) is 0 Å². The second kappa shape index (κ2) is 7.43. The predicted octanol–water partition coefficient (Wildman–Crippen LogP) is 2.59. The fraction of sp³-hybridized carbons (Fsp3) is 0.400. The van der Waals surface area contributed by atoms with E-state index < -0.39 is 0 Å². The molecule has 5 heteroatoms. The summed E-state index contributed by atoms with van der Waals surface area (Å²) in [5, 5.41) is 14.4. The number of hydrogen-bond acceptors (Lipinski definition) is 5. The fourth-order valence-corrected chi connectivity index (χ4v) is 1.74. The van der Waals surface area contributed by atoms with E-state index in [1.54, 1.807) is 6.20 Å². The average molecular weight is 271 g/mol. The summed E-state index contributed by atoms with van der Waals surface area (Å²) in [7, 11) is 0. The Hall–Kier alpha value is -2.17. The van der Waals surface area contributed by atoms with Crippen LogP contribution in [0.4, 0.5) is 11.8 Å². The Labute approximate surface area is 119 Å². The van der Waals surface area contributed by atoms with Gasteiger partial charge in [0.15, 0.2) is 5.82 Å². The van der Waals surface area contributed by atoms with Crippen LogP contribution in [-0.4, -0.2) is 28.3 Å². The molecule has 0 fully saturated rings. The van der Waals surface area contributed by atoms with Gasteiger partial charge in [0.2, 0.25) is 5.95 Å². The first-order valence-corrected chi connectivity index (χ1v) is 6.95. The van der Waals surface area contributed by atoms with Gasteiger partial charge in [0, 0.05) is 13.1 Å². The summed E-state index contributed by atoms with van der Waals surface area (Å²) < 4.78 is 0. The van der Waals surface area contributed by atoms with Crippen molar-refractivity contribution >= 4 is 11.8 Å². The molecule has 2 aromatic rings. The maximum Gasteiger partial charge on any atom is 0.244 e. The normalized spacial score (nSPS) is 10.6. The summed E-state index contributed by atoms with van der Waals surface area (Å²) in [6.07, 6.45) is 2.58. The molecule has 0 amide bonds. The van der Waals surface area contributed by atoms with Crippen LogP contribution in [0.2, 0.25) is 0 Å². The van der Waals surface area contributed by atoms with Crippen LogP contribution in [-0.2, 0) is 6.42 Å². The predicted molar refractivity (Wildman–Crippen MR) is 81.8 cm³/mol. The van der Waals surface area contributed by atoms with Crippen molar-refractivity contribution in [1.82, 2.24) is 15.2 Å². The molecule has 20 heavy (non-hydrogen) atoms. The van der Waals surface area contributed by atoms with Gasteiger partial charge >= 0.3 is 0 Å². The molecule has 0 bridgehead atoms. The molecule has 0 saturated carbocycles. The van der Waals surface area contributed by atoms with Gasteiger partial charge in [-0.1, -0.05) is 44.2 Å². The summed E-state index contributed by atoms with van der Waals surface area (Å²) in [6, 6.07) is 10.3. The van der Waals surface area contributed by atoms with Crippen LogP contribution in [0.5, 0.6) is 0 Å². The molecule has 0 spiro atoms. The Kier molecular flexibility index (Phi) is 5.29. The summed E-state index contributed by atoms with van der Waals surface area (Å²) >= 11 is 0. The zero-order valence-electron chi connectivity index (χ0n) is 12.0. The van der Waals surface area contributed by atoms with Gasteiger partial charge in [0.25, 0.3) is 0 Å². The number of anilines is 2. The van der Waals surface area contributed by atoms with Gasteiger partial charge < -0.3 is 10.6 Å². The minimum atomic E-state index is 0.565. The lowest BCUT2D eigenvalue weighted by Crippen LogP contribution is -2.13. The summed E-state index contributed by atoms with van der Waals surface area (Å²) in [5.41, 5.74) is 1.29. The highest BCUT2D eigenvalue weighted by Crippen LogP contribution is 2.05. The third-order valence-corrected chi connectivity index (χ3v) is 2.79. The first-order valence-electron chi connectivity index (χ1n) is 6.95. The van der Waals surface area contributed by atoms with E-state index in [1.165, 1.54) is 5.56 Å². The van der Waals surface area contributed by atoms with E-state index in [4.69, 9.17) is 0 Å². The van der Waals surface area contributed by atoms with Crippen molar-refractivity contribution in [2.24, 2.45) is 5.92 Å². The molecule has 1 aromatic heterocycles. The van der Waals surface area contributed by atoms with Crippen LogP contribution in [0.25, 0.3) is 0 Å². The van der Waals surface area contributed by atoms with E-state index in [0.717, 1.165) is 25.3 Å². The van der Waals surface area contributed by atoms with Crippen molar-refractivity contribution in [3.63, 3.8) is 0 Å². The van der Waals surface area contributed by atoms with Crippen molar-refractivity contribution in [3.8, 4) is 0 Å². The van der Waals surface area contributed by atoms with Crippen molar-refractivity contribution < 1.29 is 0 Å². The van der Waals surface area contributed by atoms with Crippen LogP contribution < -0.4 is 10.6 Å². The number of nitrogens with zero attached hydrogens (tertiary/aromatic N) is 3. The van der Waals surface area contributed by atoms with Crippen LogP contribution in [0.15, 0.2) is 36.5 Å². The topological polar surface area (TPSA) is 62.7 Å². The second-order valence-corrected chi connectivity index (χ2v) is 5.10. The minimum Gasteiger partial charge on any atom is -0.368 e. The lowest BCUT2D eigenvalue weighted by molar-refractivity contribution is 0.686. The highest BCUT2D eigenvalue weighted by atomic mass is 15.3. The Morgan fingerprint density at radius 3 is 2.65 bits per heavy atom. The maximum absolute atomic E-state index is 4.38. The second-order valence-electron chi connectivity index (χ2n) is 5.10. The van der Waals surface area contributed by atoms with Gasteiger partial charge in [0.05, 0.1) is 6.20 Å². The molecule has 5 nitrogen and oxygen atoms in total. The van der Waals surface area contributed by atoms with Crippen molar-refractivity contribution in [2.75, 3.05) is 23.7 Å². The molecule has 2 N–H and O–H groups in total. The number of nitrogens with one attached hydrogen (secondary N) is 2. The Balaban J connectivity index is 1.82. The summed E-state index contributed by atoms with van der Waals surface area (Å²) in [4.78, 5) is 4.38. The lowest BCUT2D eigenvalue weighted by atomic mass is 10.1. The smallest absolute Gasteiger partial charge is 0.244 e. The molecule has 0 radical (unpaired) electrons. The van der Waals surface area contributed by atoms with Crippen LogP contribution in [0.3, 0.4) is 0 Å². The van der Waals surface area contributed by atoms with Gasteiger partial charge in [0.1, 0.15) is 0 Å². The molecule has 2 rings (SSSR count). The third kappa shape index (κ3) is 4.84. The van der Waals surface area contributed by atoms with Gasteiger partial charge in [-0.2, -0.15) is 10.1 Å². The molecular weight excluding hydrogens is 250 g/mol. The van der Waals surface area contributed by atoms with Crippen molar-refractivity contribution in [2.45, 2.75) is 20.3 Å². The molecule has 1 heterocycles. The number of aromatic nitrogens is 3. The Morgan fingerprint density at radius 2 is 1.90 bits per heavy atom. The Morgan fingerprint density at radius 1 is 1.10 bits per heavy atom. The van der Waals surface area contributed by atoms with Crippen molar-refractivity contribution in [3.05, 3.63) is 42.1 Å². The standard InChI is InChI=1S/C15H21N5/c1-12(2)10-17-14-11-18-20-15(19-14)16-9-8-13-6-4-3-5-7-13/h3-7,11-12H,8-10H2,1-2H3,(H2,16,17,19,20). The van der Waals surface area contributed by atoms with Gasteiger partial charge in [-0.05, 0) is 17.9 Å². The van der Waals surface area contributed by atoms with E-state index in [-0.39, 0.29) is 0 Å². The van der Waals surface area contributed by atoms with Gasteiger partial charge in [-0.3, -0.25) is 0 Å². The molecule has 1 aromatic carbocycles. The zero-order chi connectivity index (χ0) is 14.2. The minimum absolute atomic E-state index is 0.565. The largest absolute Gasteiger partial charge is 0.368 e. The molecule has 0 unspecified atom stereocenters. The van der Waals surface area contributed by atoms with Crippen LogP contribution in [0, 0.1) is 5.92 Å². The number of hydrogen-bond donors (Lipinski definition) is 2. The third-order valence-electron chi connectivity index (χ3n) is 2.79. The summed E-state index contributed by atoms with van der Waals surface area (Å²) in [5.74, 6) is 1.89. The highest BCUT2D eigenvalue weighted by Gasteiger charge is 2.01. The summed E-state index contributed by atoms with van der Waals surface area (Å²) in [6.45, 7) is 5.97. The zero-order valence-corrected chi connectivity index (χ0v) is 12.0. The average Bonchev–Trinajstić information content (AvgIpc) is 2.47. The monoisotopic (exact) mass is 271 g/mol. The maximum atomic E-state index is 4.38. The molecular formula is C15H21N5.